The molecule has 0 bridgehead atoms. The maximum Gasteiger partial charge on any atom is 0.143 e. The molecule has 0 aliphatic heterocycles. The summed E-state index contributed by atoms with van der Waals surface area (Å²) >= 11 is 5.63. The lowest BCUT2D eigenvalue weighted by molar-refractivity contribution is 0.629. The van der Waals surface area contributed by atoms with Crippen molar-refractivity contribution in [3.63, 3.8) is 0 Å². The van der Waals surface area contributed by atoms with E-state index in [-0.39, 0.29) is 5.02 Å². The van der Waals surface area contributed by atoms with Gasteiger partial charge < -0.3 is 11.1 Å². The molecule has 0 saturated carbocycles. The highest BCUT2D eigenvalue weighted by Gasteiger charge is 2.05. The Morgan fingerprint density at radius 3 is 2.61 bits per heavy atom. The molecule has 2 aromatic rings. The molecule has 18 heavy (non-hydrogen) atoms. The third-order valence-electron chi connectivity index (χ3n) is 2.66. The molecule has 0 aliphatic rings. The van der Waals surface area contributed by atoms with Crippen LogP contribution in [0.3, 0.4) is 0 Å². The van der Waals surface area contributed by atoms with E-state index in [0.29, 0.717) is 17.9 Å². The zero-order valence-corrected chi connectivity index (χ0v) is 10.5. The third-order valence-corrected chi connectivity index (χ3v) is 2.95. The van der Waals surface area contributed by atoms with Crippen molar-refractivity contribution >= 4 is 23.0 Å². The molecule has 0 saturated heterocycles. The van der Waals surface area contributed by atoms with Crippen LogP contribution in [0.5, 0.6) is 0 Å². The summed E-state index contributed by atoms with van der Waals surface area (Å²) in [5, 5.41) is 3.15. The van der Waals surface area contributed by atoms with Gasteiger partial charge in [0.1, 0.15) is 5.82 Å². The highest BCUT2D eigenvalue weighted by atomic mass is 35.5. The number of nitrogen functional groups attached to an aromatic ring is 1. The molecule has 0 aromatic heterocycles. The number of rotatable bonds is 4. The molecule has 2 rings (SSSR count). The smallest absolute Gasteiger partial charge is 0.143 e. The standard InChI is InChI=1S/C14H14ClFN2/c15-11-8-13(17)14(9-12(11)16)18-7-6-10-4-2-1-3-5-10/h1-5,8-9,18H,6-7,17H2. The zero-order chi connectivity index (χ0) is 13.0. The van der Waals surface area contributed by atoms with E-state index < -0.39 is 5.82 Å². The largest absolute Gasteiger partial charge is 0.397 e. The van der Waals surface area contributed by atoms with Gasteiger partial charge in [0, 0.05) is 12.6 Å². The maximum atomic E-state index is 13.3. The second-order valence-electron chi connectivity index (χ2n) is 4.02. The molecule has 2 aromatic carbocycles. The van der Waals surface area contributed by atoms with Gasteiger partial charge in [0.15, 0.2) is 0 Å². The molecule has 0 radical (unpaired) electrons. The molecule has 0 fully saturated rings. The quantitative estimate of drug-likeness (QED) is 0.826. The normalized spacial score (nSPS) is 10.3. The minimum atomic E-state index is -0.465. The summed E-state index contributed by atoms with van der Waals surface area (Å²) in [6.45, 7) is 0.690. The minimum Gasteiger partial charge on any atom is -0.397 e. The number of nitrogens with one attached hydrogen (secondary N) is 1. The van der Waals surface area contributed by atoms with Crippen LogP contribution in [0.4, 0.5) is 15.8 Å². The van der Waals surface area contributed by atoms with Crippen molar-refractivity contribution in [3.8, 4) is 0 Å². The second kappa shape index (κ2) is 5.74. The fourth-order valence-corrected chi connectivity index (χ4v) is 1.87. The van der Waals surface area contributed by atoms with Crippen LogP contribution < -0.4 is 11.1 Å². The summed E-state index contributed by atoms with van der Waals surface area (Å²) in [5.74, 6) is -0.465. The van der Waals surface area contributed by atoms with Crippen LogP contribution in [0.2, 0.25) is 5.02 Å². The van der Waals surface area contributed by atoms with Gasteiger partial charge in [0.25, 0.3) is 0 Å². The zero-order valence-electron chi connectivity index (χ0n) is 9.79. The summed E-state index contributed by atoms with van der Waals surface area (Å²) < 4.78 is 13.3. The second-order valence-corrected chi connectivity index (χ2v) is 4.42. The van der Waals surface area contributed by atoms with Gasteiger partial charge in [-0.25, -0.2) is 4.39 Å². The summed E-state index contributed by atoms with van der Waals surface area (Å²) in [6, 6.07) is 12.8. The Morgan fingerprint density at radius 2 is 1.89 bits per heavy atom. The first-order chi connectivity index (χ1) is 8.66. The fraction of sp³-hybridized carbons (Fsp3) is 0.143. The molecule has 0 atom stereocenters. The molecular weight excluding hydrogens is 251 g/mol. The van der Waals surface area contributed by atoms with Gasteiger partial charge in [-0.1, -0.05) is 41.9 Å². The molecule has 0 aliphatic carbocycles. The van der Waals surface area contributed by atoms with Crippen molar-refractivity contribution in [1.82, 2.24) is 0 Å². The highest BCUT2D eigenvalue weighted by molar-refractivity contribution is 6.31. The van der Waals surface area contributed by atoms with Crippen molar-refractivity contribution in [2.45, 2.75) is 6.42 Å². The van der Waals surface area contributed by atoms with Gasteiger partial charge in [-0.2, -0.15) is 0 Å². The number of hydrogen-bond acceptors (Lipinski definition) is 2. The molecule has 0 unspecified atom stereocenters. The van der Waals surface area contributed by atoms with E-state index >= 15 is 0 Å². The average molecular weight is 265 g/mol. The molecule has 2 nitrogen and oxygen atoms in total. The van der Waals surface area contributed by atoms with Gasteiger partial charge in [-0.3, -0.25) is 0 Å². The summed E-state index contributed by atoms with van der Waals surface area (Å²) in [7, 11) is 0. The van der Waals surface area contributed by atoms with Crippen molar-refractivity contribution in [1.29, 1.82) is 0 Å². The van der Waals surface area contributed by atoms with Crippen LogP contribution in [0.15, 0.2) is 42.5 Å². The van der Waals surface area contributed by atoms with E-state index in [4.69, 9.17) is 17.3 Å². The highest BCUT2D eigenvalue weighted by Crippen LogP contribution is 2.25. The predicted molar refractivity (Wildman–Crippen MR) is 74.5 cm³/mol. The Kier molecular flexibility index (Phi) is 4.05. The minimum absolute atomic E-state index is 0.0427. The lowest BCUT2D eigenvalue weighted by Crippen LogP contribution is -2.07. The van der Waals surface area contributed by atoms with Crippen LogP contribution in [0.1, 0.15) is 5.56 Å². The first-order valence-corrected chi connectivity index (χ1v) is 6.07. The third kappa shape index (κ3) is 3.14. The molecule has 94 valence electrons. The SMILES string of the molecule is Nc1cc(Cl)c(F)cc1NCCc1ccccc1. The lowest BCUT2D eigenvalue weighted by atomic mass is 10.1. The first kappa shape index (κ1) is 12.7. The summed E-state index contributed by atoms with van der Waals surface area (Å²) in [4.78, 5) is 0. The van der Waals surface area contributed by atoms with E-state index in [9.17, 15) is 4.39 Å². The van der Waals surface area contributed by atoms with Gasteiger partial charge in [0.05, 0.1) is 16.4 Å². The first-order valence-electron chi connectivity index (χ1n) is 5.69. The Bertz CT molecular complexity index is 529. The van der Waals surface area contributed by atoms with E-state index in [1.54, 1.807) is 0 Å². The maximum absolute atomic E-state index is 13.3. The van der Waals surface area contributed by atoms with Crippen molar-refractivity contribution in [2.24, 2.45) is 0 Å². The van der Waals surface area contributed by atoms with Crippen LogP contribution >= 0.6 is 11.6 Å². The van der Waals surface area contributed by atoms with E-state index in [1.165, 1.54) is 17.7 Å². The predicted octanol–water partition coefficient (Wildman–Crippen LogP) is 3.72. The fourth-order valence-electron chi connectivity index (χ4n) is 1.70. The summed E-state index contributed by atoms with van der Waals surface area (Å²) in [5.41, 5.74) is 8.01. The topological polar surface area (TPSA) is 38.0 Å². The number of halogens is 2. The van der Waals surface area contributed by atoms with Crippen LogP contribution in [-0.4, -0.2) is 6.54 Å². The van der Waals surface area contributed by atoms with Crippen LogP contribution in [0.25, 0.3) is 0 Å². The number of anilines is 2. The molecule has 0 amide bonds. The molecule has 0 heterocycles. The Hall–Kier alpha value is -1.74. The average Bonchev–Trinajstić information content (AvgIpc) is 2.37. The van der Waals surface area contributed by atoms with E-state index in [1.807, 2.05) is 30.3 Å². The van der Waals surface area contributed by atoms with Crippen LogP contribution in [-0.2, 0) is 6.42 Å². The number of hydrogen-bond donors (Lipinski definition) is 2. The van der Waals surface area contributed by atoms with E-state index in [2.05, 4.69) is 5.32 Å². The molecular formula is C14H14ClFN2. The Morgan fingerprint density at radius 1 is 1.17 bits per heavy atom. The molecule has 3 N–H and O–H groups in total. The summed E-state index contributed by atoms with van der Waals surface area (Å²) in [6.07, 6.45) is 0.852. The van der Waals surface area contributed by atoms with Crippen molar-refractivity contribution in [3.05, 3.63) is 58.9 Å². The Labute approximate surface area is 111 Å². The van der Waals surface area contributed by atoms with Gasteiger partial charge in [-0.15, -0.1) is 0 Å². The van der Waals surface area contributed by atoms with Gasteiger partial charge in [-0.05, 0) is 18.1 Å². The monoisotopic (exact) mass is 264 g/mol. The lowest BCUT2D eigenvalue weighted by Gasteiger charge is -2.10. The van der Waals surface area contributed by atoms with E-state index in [0.717, 1.165) is 6.42 Å². The molecule has 4 heteroatoms. The Balaban J connectivity index is 1.97. The number of nitrogens with two attached hydrogens (primary N) is 1. The molecule has 0 spiro atoms. The van der Waals surface area contributed by atoms with Crippen molar-refractivity contribution < 1.29 is 4.39 Å². The van der Waals surface area contributed by atoms with Crippen LogP contribution in [0, 0.1) is 5.82 Å². The van der Waals surface area contributed by atoms with Crippen molar-refractivity contribution in [2.75, 3.05) is 17.6 Å². The number of benzene rings is 2. The van der Waals surface area contributed by atoms with Gasteiger partial charge >= 0.3 is 0 Å². The van der Waals surface area contributed by atoms with Gasteiger partial charge in [0.2, 0.25) is 0 Å².